The number of ether oxygens (including phenoxy) is 4. The topological polar surface area (TPSA) is 168 Å². The Bertz CT molecular complexity index is 2580. The lowest BCUT2D eigenvalue weighted by Crippen LogP contribution is -2.34. The van der Waals surface area contributed by atoms with Gasteiger partial charge in [0.25, 0.3) is 0 Å². The minimum atomic E-state index is -4.06. The average Bonchev–Trinajstić information content (AvgIpc) is 3.77. The Morgan fingerprint density at radius 1 is 0.764 bits per heavy atom. The van der Waals surface area contributed by atoms with Crippen molar-refractivity contribution >= 4 is 50.7 Å². The first-order chi connectivity index (χ1) is 26.4. The molecular weight excluding hydrogens is 728 g/mol. The molecule has 3 fully saturated rings. The second-order valence-corrected chi connectivity index (χ2v) is 15.2. The smallest absolute Gasteiger partial charge is 0.395 e. The van der Waals surface area contributed by atoms with Crippen LogP contribution in [0.25, 0.3) is 33.1 Å². The molecule has 3 N–H and O–H groups in total. The molecule has 2 unspecified atom stereocenters. The summed E-state index contributed by atoms with van der Waals surface area (Å²) < 4.78 is 80.9. The van der Waals surface area contributed by atoms with Gasteiger partial charge in [-0.05, 0) is 63.1 Å². The summed E-state index contributed by atoms with van der Waals surface area (Å²) >= 11 is 0. The van der Waals surface area contributed by atoms with Gasteiger partial charge >= 0.3 is 12.6 Å². The molecule has 16 nitrogen and oxygen atoms in total. The molecule has 0 bridgehead atoms. The minimum Gasteiger partial charge on any atom is -0.395 e. The molecule has 4 aromatic heterocycles. The van der Waals surface area contributed by atoms with Gasteiger partial charge in [-0.25, -0.2) is 19.9 Å². The third kappa shape index (κ3) is 5.31. The Morgan fingerprint density at radius 2 is 1.40 bits per heavy atom. The molecule has 0 amide bonds. The molecular formula is C35H34F4N12O4. The van der Waals surface area contributed by atoms with E-state index in [1.54, 1.807) is 6.07 Å². The molecule has 4 aliphatic heterocycles. The van der Waals surface area contributed by atoms with E-state index in [0.29, 0.717) is 42.0 Å². The van der Waals surface area contributed by atoms with E-state index in [0.717, 1.165) is 50.9 Å². The summed E-state index contributed by atoms with van der Waals surface area (Å²) in [6.45, 7) is 7.92. The van der Waals surface area contributed by atoms with Gasteiger partial charge in [0.1, 0.15) is 11.0 Å². The minimum absolute atomic E-state index is 0.0104. The summed E-state index contributed by atoms with van der Waals surface area (Å²) in [5.74, 6) is 1.02. The molecule has 8 heterocycles. The van der Waals surface area contributed by atoms with Crippen LogP contribution in [-0.4, -0.2) is 99.8 Å². The van der Waals surface area contributed by atoms with Crippen LogP contribution in [0.5, 0.6) is 23.0 Å². The summed E-state index contributed by atoms with van der Waals surface area (Å²) in [5.41, 5.74) is 6.78. The van der Waals surface area contributed by atoms with E-state index in [2.05, 4.69) is 44.0 Å². The fourth-order valence-electron chi connectivity index (χ4n) is 8.70. The van der Waals surface area contributed by atoms with Crippen LogP contribution in [0.3, 0.4) is 0 Å². The van der Waals surface area contributed by atoms with Crippen LogP contribution in [-0.2, 0) is 12.8 Å². The molecule has 0 spiro atoms. The van der Waals surface area contributed by atoms with Gasteiger partial charge in [-0.1, -0.05) is 0 Å². The Morgan fingerprint density at radius 3 is 2.16 bits per heavy atom. The number of nitrogens with zero attached hydrogens (tertiary/aromatic N) is 10. The van der Waals surface area contributed by atoms with Crippen LogP contribution in [0.4, 0.5) is 35.1 Å². The lowest BCUT2D eigenvalue weighted by atomic mass is 10.1. The highest BCUT2D eigenvalue weighted by molar-refractivity contribution is 6.02. The number of benzene rings is 2. The number of alkyl halides is 4. The SMILES string of the molecule is C[C@@H]1CC[C@@H](C)N1CCc1nc2c3cc(Nc4nc5c6c(ccc5c5nc(CCN7CC8CC8C7)nn45)OC(F)(F)O6)c4c(c3nc(N)n2n1)OC(F)(F)O4. The zero-order valence-corrected chi connectivity index (χ0v) is 29.6. The normalized spacial score (nSPS) is 24.9. The van der Waals surface area contributed by atoms with Crippen molar-refractivity contribution in [2.45, 2.75) is 70.6 Å². The van der Waals surface area contributed by atoms with Crippen molar-refractivity contribution in [3.63, 3.8) is 0 Å². The van der Waals surface area contributed by atoms with Crippen LogP contribution in [0, 0.1) is 11.8 Å². The van der Waals surface area contributed by atoms with Gasteiger partial charge in [0.15, 0.2) is 40.2 Å². The second kappa shape index (κ2) is 11.3. The van der Waals surface area contributed by atoms with E-state index in [1.807, 2.05) is 0 Å². The molecule has 11 rings (SSSR count). The number of nitrogen functional groups attached to an aromatic ring is 1. The first-order valence-electron chi connectivity index (χ1n) is 18.4. The van der Waals surface area contributed by atoms with Gasteiger partial charge < -0.3 is 34.9 Å². The number of nitrogens with two attached hydrogens (primary N) is 1. The number of hydrogen-bond donors (Lipinski definition) is 2. The molecule has 286 valence electrons. The fourth-order valence-corrected chi connectivity index (χ4v) is 8.70. The highest BCUT2D eigenvalue weighted by Crippen LogP contribution is 2.52. The van der Waals surface area contributed by atoms with E-state index >= 15 is 0 Å². The molecule has 4 atom stereocenters. The van der Waals surface area contributed by atoms with Crippen molar-refractivity contribution in [3.05, 3.63) is 29.8 Å². The predicted molar refractivity (Wildman–Crippen MR) is 187 cm³/mol. The summed E-state index contributed by atoms with van der Waals surface area (Å²) in [5, 5.41) is 13.0. The summed E-state index contributed by atoms with van der Waals surface area (Å²) in [6, 6.07) is 5.26. The Hall–Kier alpha value is -5.50. The van der Waals surface area contributed by atoms with Crippen molar-refractivity contribution in [3.8, 4) is 23.0 Å². The van der Waals surface area contributed by atoms with Crippen molar-refractivity contribution in [2.75, 3.05) is 37.2 Å². The van der Waals surface area contributed by atoms with Crippen molar-refractivity contribution < 1.29 is 36.5 Å². The number of anilines is 3. The van der Waals surface area contributed by atoms with E-state index in [9.17, 15) is 17.6 Å². The number of piperidine rings is 1. The fraction of sp³-hybridized carbons (Fsp3) is 0.486. The van der Waals surface area contributed by atoms with Crippen LogP contribution >= 0.6 is 0 Å². The number of nitrogens with one attached hydrogen (secondary N) is 1. The number of rotatable bonds is 8. The van der Waals surface area contributed by atoms with Gasteiger partial charge in [-0.2, -0.15) is 9.03 Å². The lowest BCUT2D eigenvalue weighted by molar-refractivity contribution is -0.287. The maximum absolute atomic E-state index is 14.9. The molecule has 0 radical (unpaired) electrons. The van der Waals surface area contributed by atoms with Gasteiger partial charge in [-0.3, -0.25) is 4.90 Å². The van der Waals surface area contributed by atoms with Gasteiger partial charge in [-0.15, -0.1) is 27.8 Å². The molecule has 20 heteroatoms. The van der Waals surface area contributed by atoms with Crippen LogP contribution in [0.2, 0.25) is 0 Å². The van der Waals surface area contributed by atoms with Crippen molar-refractivity contribution in [1.29, 1.82) is 0 Å². The first kappa shape index (κ1) is 32.9. The van der Waals surface area contributed by atoms with Gasteiger partial charge in [0, 0.05) is 56.5 Å². The maximum Gasteiger partial charge on any atom is 0.586 e. The third-order valence-corrected chi connectivity index (χ3v) is 11.5. The van der Waals surface area contributed by atoms with Crippen molar-refractivity contribution in [2.24, 2.45) is 11.8 Å². The first-order valence-corrected chi connectivity index (χ1v) is 18.4. The highest BCUT2D eigenvalue weighted by atomic mass is 19.3. The van der Waals surface area contributed by atoms with Crippen LogP contribution in [0.1, 0.15) is 44.8 Å². The molecule has 2 aromatic carbocycles. The molecule has 1 aliphatic carbocycles. The molecule has 1 saturated carbocycles. The quantitative estimate of drug-likeness (QED) is 0.204. The summed E-state index contributed by atoms with van der Waals surface area (Å²) in [4.78, 5) is 23.4. The molecule has 5 aliphatic rings. The van der Waals surface area contributed by atoms with Gasteiger partial charge in [0.2, 0.25) is 17.6 Å². The number of likely N-dealkylation sites (tertiary alicyclic amines) is 2. The Balaban J connectivity index is 1.03. The van der Waals surface area contributed by atoms with Crippen LogP contribution < -0.4 is 30.0 Å². The highest BCUT2D eigenvalue weighted by Gasteiger charge is 2.48. The largest absolute Gasteiger partial charge is 0.586 e. The second-order valence-electron chi connectivity index (χ2n) is 15.2. The van der Waals surface area contributed by atoms with E-state index < -0.39 is 18.3 Å². The summed E-state index contributed by atoms with van der Waals surface area (Å²) in [7, 11) is 0. The van der Waals surface area contributed by atoms with Gasteiger partial charge in [0.05, 0.1) is 11.1 Å². The summed E-state index contributed by atoms with van der Waals surface area (Å²) in [6.07, 6.45) is -3.46. The van der Waals surface area contributed by atoms with Crippen LogP contribution in [0.15, 0.2) is 18.2 Å². The lowest BCUT2D eigenvalue weighted by Gasteiger charge is -2.25. The standard InChI is InChI=1S/C35H34F4N12O4/c1-15-3-4-16(2)49(15)10-8-24-43-31-20-12-21(27-29(55-35(38,39)53-27)26(20)44-32(40)50(31)46-24)41-33-45-25-19(5-6-22-28(25)54-34(36,37)52-22)30-42-23(47-51(30)33)7-9-48-13-17-11-18(17)14-48/h5-6,12,15-18H,3-4,7-11,13-14H2,1-2H3,(H2,40,44)(H,41,45)/t15-,16-,17?,18?/m1/s1. The third-order valence-electron chi connectivity index (χ3n) is 11.5. The zero-order chi connectivity index (χ0) is 37.5. The predicted octanol–water partition coefficient (Wildman–Crippen LogP) is 4.75. The van der Waals surface area contributed by atoms with E-state index in [-0.39, 0.29) is 62.5 Å². The molecule has 2 saturated heterocycles. The molecule has 55 heavy (non-hydrogen) atoms. The molecule has 6 aromatic rings. The zero-order valence-electron chi connectivity index (χ0n) is 29.6. The van der Waals surface area contributed by atoms with E-state index in [4.69, 9.17) is 39.7 Å². The number of aromatic nitrogens is 8. The Labute approximate surface area is 308 Å². The Kier molecular flexibility index (Phi) is 6.74. The monoisotopic (exact) mass is 762 g/mol. The maximum atomic E-state index is 14.9. The van der Waals surface area contributed by atoms with E-state index in [1.165, 1.54) is 27.6 Å². The number of hydrogen-bond acceptors (Lipinski definition) is 14. The number of halogens is 4. The van der Waals surface area contributed by atoms with Crippen molar-refractivity contribution in [1.82, 2.24) is 49.0 Å². The number of fused-ring (bicyclic) bond motifs is 11. The average molecular weight is 763 g/mol.